The van der Waals surface area contributed by atoms with Crippen LogP contribution >= 0.6 is 0 Å². The maximum atomic E-state index is 13.8. The maximum Gasteiger partial charge on any atom is 0.268 e. The highest BCUT2D eigenvalue weighted by molar-refractivity contribution is 6.36. The topological polar surface area (TPSA) is 66.5 Å². The van der Waals surface area contributed by atoms with Crippen molar-refractivity contribution in [3.05, 3.63) is 95.3 Å². The van der Waals surface area contributed by atoms with Gasteiger partial charge in [0.05, 0.1) is 28.1 Å². The van der Waals surface area contributed by atoms with E-state index >= 15 is 0 Å². The molecule has 0 bridgehead atoms. The van der Waals surface area contributed by atoms with Crippen molar-refractivity contribution in [2.24, 2.45) is 0 Å². The van der Waals surface area contributed by atoms with Crippen molar-refractivity contribution in [2.75, 3.05) is 10.2 Å². The van der Waals surface area contributed by atoms with Crippen molar-refractivity contribution in [3.8, 4) is 0 Å². The predicted octanol–water partition coefficient (Wildman–Crippen LogP) is 3.88. The minimum atomic E-state index is -0.695. The van der Waals surface area contributed by atoms with Crippen LogP contribution in [0.25, 0.3) is 0 Å². The molecule has 3 amide bonds. The molecule has 1 heterocycles. The zero-order valence-electron chi connectivity index (χ0n) is 14.0. The van der Waals surface area contributed by atoms with Gasteiger partial charge in [-0.2, -0.15) is 0 Å². The standard InChI is InChI=1S/C21H13FN2O3/c22-16-11-5-4-9-14(16)19(25)23-17-12-6-10-15-18(17)21(27)24(20(15)26)13-7-2-1-3-8-13/h1-12H,(H,23,25). The lowest BCUT2D eigenvalue weighted by Crippen LogP contribution is -2.29. The number of halogens is 1. The highest BCUT2D eigenvalue weighted by Gasteiger charge is 2.38. The van der Waals surface area contributed by atoms with Gasteiger partial charge in [-0.25, -0.2) is 9.29 Å². The molecule has 6 heteroatoms. The quantitative estimate of drug-likeness (QED) is 0.721. The molecule has 5 nitrogen and oxygen atoms in total. The Morgan fingerprint density at radius 3 is 2.26 bits per heavy atom. The summed E-state index contributed by atoms with van der Waals surface area (Å²) in [5.74, 6) is -2.37. The number of para-hydroxylation sites is 1. The smallest absolute Gasteiger partial charge is 0.268 e. The average molecular weight is 360 g/mol. The molecule has 1 aliphatic rings. The zero-order valence-corrected chi connectivity index (χ0v) is 14.0. The number of amides is 3. The van der Waals surface area contributed by atoms with E-state index in [4.69, 9.17) is 0 Å². The van der Waals surface area contributed by atoms with E-state index in [2.05, 4.69) is 5.32 Å². The average Bonchev–Trinajstić information content (AvgIpc) is 2.94. The first-order valence-corrected chi connectivity index (χ1v) is 8.20. The van der Waals surface area contributed by atoms with E-state index in [9.17, 15) is 18.8 Å². The molecule has 0 spiro atoms. The lowest BCUT2D eigenvalue weighted by atomic mass is 10.1. The molecule has 1 aliphatic heterocycles. The van der Waals surface area contributed by atoms with E-state index in [0.717, 1.165) is 4.90 Å². The minimum absolute atomic E-state index is 0.0936. The number of hydrogen-bond acceptors (Lipinski definition) is 3. The van der Waals surface area contributed by atoms with Crippen molar-refractivity contribution in [1.29, 1.82) is 0 Å². The Balaban J connectivity index is 1.72. The fourth-order valence-corrected chi connectivity index (χ4v) is 3.04. The Bertz CT molecular complexity index is 1080. The first-order chi connectivity index (χ1) is 13.1. The number of carbonyl (C=O) groups is 3. The fourth-order valence-electron chi connectivity index (χ4n) is 3.04. The second-order valence-corrected chi connectivity index (χ2v) is 5.94. The molecule has 0 atom stereocenters. The number of carbonyl (C=O) groups excluding carboxylic acids is 3. The Labute approximate surface area is 154 Å². The van der Waals surface area contributed by atoms with Crippen LogP contribution in [0.4, 0.5) is 15.8 Å². The number of hydrogen-bond donors (Lipinski definition) is 1. The van der Waals surface area contributed by atoms with Crippen LogP contribution in [0.2, 0.25) is 0 Å². The van der Waals surface area contributed by atoms with Crippen LogP contribution in [-0.2, 0) is 0 Å². The molecule has 4 rings (SSSR count). The number of anilines is 2. The number of nitrogens with one attached hydrogen (secondary N) is 1. The van der Waals surface area contributed by atoms with Gasteiger partial charge in [-0.3, -0.25) is 14.4 Å². The number of nitrogens with zero attached hydrogens (tertiary/aromatic N) is 1. The summed E-state index contributed by atoms with van der Waals surface area (Å²) in [5, 5.41) is 2.54. The maximum absolute atomic E-state index is 13.8. The van der Waals surface area contributed by atoms with Gasteiger partial charge in [-0.15, -0.1) is 0 Å². The summed E-state index contributed by atoms with van der Waals surface area (Å²) in [7, 11) is 0. The zero-order chi connectivity index (χ0) is 19.0. The van der Waals surface area contributed by atoms with Crippen molar-refractivity contribution < 1.29 is 18.8 Å². The van der Waals surface area contributed by atoms with Gasteiger partial charge in [-0.05, 0) is 36.4 Å². The minimum Gasteiger partial charge on any atom is -0.321 e. The lowest BCUT2D eigenvalue weighted by molar-refractivity contribution is 0.0926. The van der Waals surface area contributed by atoms with Gasteiger partial charge in [-0.1, -0.05) is 36.4 Å². The van der Waals surface area contributed by atoms with Crippen LogP contribution in [-0.4, -0.2) is 17.7 Å². The van der Waals surface area contributed by atoms with Gasteiger partial charge in [0.15, 0.2) is 0 Å². The second-order valence-electron chi connectivity index (χ2n) is 5.94. The van der Waals surface area contributed by atoms with Crippen LogP contribution in [0, 0.1) is 5.82 Å². The van der Waals surface area contributed by atoms with Crippen molar-refractivity contribution in [1.82, 2.24) is 0 Å². The van der Waals surface area contributed by atoms with E-state index < -0.39 is 23.5 Å². The van der Waals surface area contributed by atoms with Crippen LogP contribution in [0.1, 0.15) is 31.1 Å². The Morgan fingerprint density at radius 2 is 1.52 bits per heavy atom. The summed E-state index contributed by atoms with van der Waals surface area (Å²) in [6.07, 6.45) is 0. The van der Waals surface area contributed by atoms with Gasteiger partial charge < -0.3 is 5.32 Å². The first kappa shape index (κ1) is 16.7. The van der Waals surface area contributed by atoms with Crippen LogP contribution in [0.5, 0.6) is 0 Å². The van der Waals surface area contributed by atoms with Crippen LogP contribution in [0.3, 0.4) is 0 Å². The molecule has 0 unspecified atom stereocenters. The van der Waals surface area contributed by atoms with Crippen LogP contribution in [0.15, 0.2) is 72.8 Å². The summed E-state index contributed by atoms with van der Waals surface area (Å²) >= 11 is 0. The largest absolute Gasteiger partial charge is 0.321 e. The van der Waals surface area contributed by atoms with Gasteiger partial charge in [0, 0.05) is 0 Å². The van der Waals surface area contributed by atoms with Crippen LogP contribution < -0.4 is 10.2 Å². The molecular formula is C21H13FN2O3. The second kappa shape index (κ2) is 6.49. The lowest BCUT2D eigenvalue weighted by Gasteiger charge is -2.13. The third-order valence-corrected chi connectivity index (χ3v) is 4.30. The molecule has 0 radical (unpaired) electrons. The Kier molecular flexibility index (Phi) is 4.01. The number of fused-ring (bicyclic) bond motifs is 1. The van der Waals surface area contributed by atoms with Gasteiger partial charge >= 0.3 is 0 Å². The predicted molar refractivity (Wildman–Crippen MR) is 98.4 cm³/mol. The normalized spacial score (nSPS) is 12.9. The molecule has 0 saturated heterocycles. The number of rotatable bonds is 3. The molecule has 0 aliphatic carbocycles. The first-order valence-electron chi connectivity index (χ1n) is 8.20. The van der Waals surface area contributed by atoms with E-state index in [1.807, 2.05) is 0 Å². The summed E-state index contributed by atoms with van der Waals surface area (Å²) in [6, 6.07) is 18.7. The van der Waals surface area contributed by atoms with E-state index in [1.54, 1.807) is 42.5 Å². The van der Waals surface area contributed by atoms with E-state index in [0.29, 0.717) is 5.69 Å². The molecule has 1 N–H and O–H groups in total. The van der Waals surface area contributed by atoms with Gasteiger partial charge in [0.1, 0.15) is 5.82 Å². The summed E-state index contributed by atoms with van der Waals surface area (Å²) < 4.78 is 13.8. The van der Waals surface area contributed by atoms with Crippen molar-refractivity contribution >= 4 is 29.1 Å². The molecule has 0 saturated carbocycles. The Hall–Kier alpha value is -3.80. The molecular weight excluding hydrogens is 347 g/mol. The molecule has 132 valence electrons. The summed E-state index contributed by atoms with van der Waals surface area (Å²) in [5.41, 5.74) is 0.741. The molecule has 27 heavy (non-hydrogen) atoms. The molecule has 0 aromatic heterocycles. The SMILES string of the molecule is O=C(Nc1cccc2c1C(=O)N(c1ccccc1)C2=O)c1ccccc1F. The molecule has 0 fully saturated rings. The van der Waals surface area contributed by atoms with E-state index in [1.165, 1.54) is 30.3 Å². The third-order valence-electron chi connectivity index (χ3n) is 4.30. The van der Waals surface area contributed by atoms with Gasteiger partial charge in [0.25, 0.3) is 17.7 Å². The molecule has 3 aromatic rings. The fraction of sp³-hybridized carbons (Fsp3) is 0. The highest BCUT2D eigenvalue weighted by Crippen LogP contribution is 2.33. The summed E-state index contributed by atoms with van der Waals surface area (Å²) in [6.45, 7) is 0. The monoisotopic (exact) mass is 360 g/mol. The van der Waals surface area contributed by atoms with E-state index in [-0.39, 0.29) is 22.4 Å². The number of benzene rings is 3. The molecule has 3 aromatic carbocycles. The van der Waals surface area contributed by atoms with Gasteiger partial charge in [0.2, 0.25) is 0 Å². The van der Waals surface area contributed by atoms with Crippen molar-refractivity contribution in [3.63, 3.8) is 0 Å². The Morgan fingerprint density at radius 1 is 0.815 bits per heavy atom. The van der Waals surface area contributed by atoms with Crippen molar-refractivity contribution in [2.45, 2.75) is 0 Å². The third kappa shape index (κ3) is 2.77. The highest BCUT2D eigenvalue weighted by atomic mass is 19.1. The number of imide groups is 1. The summed E-state index contributed by atoms with van der Waals surface area (Å²) in [4.78, 5) is 39.1.